The Morgan fingerprint density at radius 2 is 1.73 bits per heavy atom. The molecule has 0 aromatic heterocycles. The normalized spacial score (nSPS) is 16.8. The Bertz CT molecular complexity index is 1650. The van der Waals surface area contributed by atoms with Crippen molar-refractivity contribution < 1.29 is 24.0 Å². The number of thioether (sulfide) groups is 1. The number of non-ortho nitro benzene ring substituents is 1. The molecular weight excluding hydrogens is 643 g/mol. The highest BCUT2D eigenvalue weighted by atomic mass is 32.2. The summed E-state index contributed by atoms with van der Waals surface area (Å²) in [5.74, 6) is 1.06. The molecule has 258 valence electrons. The van der Waals surface area contributed by atoms with E-state index in [4.69, 9.17) is 14.5 Å². The van der Waals surface area contributed by atoms with Crippen molar-refractivity contribution in [1.82, 2.24) is 10.2 Å². The summed E-state index contributed by atoms with van der Waals surface area (Å²) in [5, 5.41) is 15.2. The summed E-state index contributed by atoms with van der Waals surface area (Å²) >= 11 is 1.44. The lowest BCUT2D eigenvalue weighted by molar-refractivity contribution is -0.384. The van der Waals surface area contributed by atoms with E-state index in [1.54, 1.807) is 21.0 Å². The van der Waals surface area contributed by atoms with Gasteiger partial charge in [-0.3, -0.25) is 19.8 Å². The zero-order valence-corrected chi connectivity index (χ0v) is 29.0. The summed E-state index contributed by atoms with van der Waals surface area (Å²) in [4.78, 5) is 47.3. The van der Waals surface area contributed by atoms with Gasteiger partial charge in [0.15, 0.2) is 11.3 Å². The van der Waals surface area contributed by atoms with Gasteiger partial charge in [-0.1, -0.05) is 54.2 Å². The number of rotatable bonds is 13. The number of nitro benzene ring substituents is 1. The molecule has 0 saturated carbocycles. The summed E-state index contributed by atoms with van der Waals surface area (Å²) in [6.45, 7) is 6.32. The zero-order chi connectivity index (χ0) is 34.8. The molecule has 1 atom stereocenters. The Morgan fingerprint density at radius 3 is 2.37 bits per heavy atom. The summed E-state index contributed by atoms with van der Waals surface area (Å²) < 4.78 is 10.7. The van der Waals surface area contributed by atoms with Gasteiger partial charge in [0, 0.05) is 35.7 Å². The molecule has 0 aliphatic carbocycles. The highest BCUT2D eigenvalue weighted by Crippen LogP contribution is 2.32. The van der Waals surface area contributed by atoms with Crippen LogP contribution in [0.5, 0.6) is 5.75 Å². The van der Waals surface area contributed by atoms with E-state index in [0.29, 0.717) is 34.6 Å². The molecule has 1 unspecified atom stereocenters. The first kappa shape index (κ1) is 35.6. The number of ether oxygens (including phenoxy) is 2. The topological polar surface area (TPSA) is 127 Å². The number of amides is 1. The summed E-state index contributed by atoms with van der Waals surface area (Å²) in [6, 6.07) is 24.1. The maximum atomic E-state index is 14.2. The van der Waals surface area contributed by atoms with Crippen LogP contribution in [0.1, 0.15) is 56.6 Å². The molecule has 1 fully saturated rings. The molecule has 3 aromatic rings. The highest BCUT2D eigenvalue weighted by Gasteiger charge is 2.37. The van der Waals surface area contributed by atoms with Crippen LogP contribution in [0, 0.1) is 10.1 Å². The molecule has 49 heavy (non-hydrogen) atoms. The smallest absolute Gasteiger partial charge is 0.339 e. The lowest BCUT2D eigenvalue weighted by Gasteiger charge is -2.35. The number of benzene rings is 3. The number of carbonyl (C=O) groups excluding carboxylic acids is 2. The molecule has 0 spiro atoms. The Balaban J connectivity index is 1.36. The fourth-order valence-corrected chi connectivity index (χ4v) is 7.07. The van der Waals surface area contributed by atoms with Crippen molar-refractivity contribution in [3.63, 3.8) is 0 Å². The van der Waals surface area contributed by atoms with Gasteiger partial charge in [-0.15, -0.1) is 0 Å². The van der Waals surface area contributed by atoms with Gasteiger partial charge in [0.25, 0.3) is 5.69 Å². The first-order valence-electron chi connectivity index (χ1n) is 16.6. The Labute approximate surface area is 291 Å². The van der Waals surface area contributed by atoms with E-state index in [0.717, 1.165) is 43.8 Å². The fourth-order valence-electron chi connectivity index (χ4n) is 6.18. The third kappa shape index (κ3) is 9.27. The third-order valence-corrected chi connectivity index (χ3v) is 9.76. The Kier molecular flexibility index (Phi) is 12.4. The van der Waals surface area contributed by atoms with Crippen LogP contribution in [0.2, 0.25) is 0 Å². The molecular formula is C37H43N5O6S. The number of carbonyl (C=O) groups is 2. The monoisotopic (exact) mass is 685 g/mol. The van der Waals surface area contributed by atoms with Gasteiger partial charge < -0.3 is 19.7 Å². The molecule has 1 amide bonds. The van der Waals surface area contributed by atoms with Gasteiger partial charge in [-0.05, 0) is 94.1 Å². The molecule has 3 aromatic carbocycles. The lowest BCUT2D eigenvalue weighted by atomic mass is 9.89. The number of hydrogen-bond acceptors (Lipinski definition) is 10. The number of likely N-dealkylation sites (tertiary alicyclic amines) is 1. The number of nitro groups is 1. The van der Waals surface area contributed by atoms with Crippen molar-refractivity contribution >= 4 is 40.2 Å². The highest BCUT2D eigenvalue weighted by molar-refractivity contribution is 8.13. The minimum Gasteiger partial charge on any atom is -0.497 e. The second kappa shape index (κ2) is 17.1. The van der Waals surface area contributed by atoms with Crippen molar-refractivity contribution in [2.75, 3.05) is 38.3 Å². The maximum absolute atomic E-state index is 14.2. The second-order valence-corrected chi connectivity index (χ2v) is 13.0. The van der Waals surface area contributed by atoms with Crippen molar-refractivity contribution in [1.29, 1.82) is 0 Å². The van der Waals surface area contributed by atoms with Gasteiger partial charge in [-0.2, -0.15) is 0 Å². The van der Waals surface area contributed by atoms with Crippen LogP contribution in [-0.2, 0) is 20.1 Å². The van der Waals surface area contributed by atoms with Crippen molar-refractivity contribution in [2.45, 2.75) is 57.4 Å². The van der Waals surface area contributed by atoms with Crippen LogP contribution in [-0.4, -0.2) is 66.4 Å². The zero-order valence-electron chi connectivity index (χ0n) is 28.2. The molecule has 2 aliphatic rings. The van der Waals surface area contributed by atoms with Crippen LogP contribution in [0.4, 0.5) is 11.4 Å². The second-order valence-electron chi connectivity index (χ2n) is 12.0. The number of piperidine rings is 1. The summed E-state index contributed by atoms with van der Waals surface area (Å²) in [7, 11) is 1.62. The summed E-state index contributed by atoms with van der Waals surface area (Å²) in [6.07, 6.45) is 1.93. The predicted octanol–water partition coefficient (Wildman–Crippen LogP) is 6.65. The van der Waals surface area contributed by atoms with Gasteiger partial charge in [0.1, 0.15) is 11.3 Å². The molecule has 12 heteroatoms. The van der Waals surface area contributed by atoms with E-state index in [1.807, 2.05) is 30.3 Å². The SMILES string of the molecule is CCOC(=O)C1=C(C)NC(SCc2ccc(OC)cc2)=NC1N(C(=O)CCCN1CCC(c2ccccc2)CC1)c1ccc([N+](=O)[O-])cc1. The van der Waals surface area contributed by atoms with Crippen molar-refractivity contribution in [3.8, 4) is 5.75 Å². The van der Waals surface area contributed by atoms with Crippen molar-refractivity contribution in [2.24, 2.45) is 4.99 Å². The molecule has 5 rings (SSSR count). The van der Waals surface area contributed by atoms with E-state index in [1.165, 1.54) is 46.5 Å². The quantitative estimate of drug-likeness (QED) is 0.120. The van der Waals surface area contributed by atoms with E-state index >= 15 is 0 Å². The van der Waals surface area contributed by atoms with Crippen LogP contribution < -0.4 is 15.0 Å². The fraction of sp³-hybridized carbons (Fsp3) is 0.378. The number of amidine groups is 1. The molecule has 1 saturated heterocycles. The average Bonchev–Trinajstić information content (AvgIpc) is 3.12. The van der Waals surface area contributed by atoms with Crippen LogP contribution >= 0.6 is 11.8 Å². The number of esters is 1. The lowest BCUT2D eigenvalue weighted by Crippen LogP contribution is -2.47. The van der Waals surface area contributed by atoms with Gasteiger partial charge in [0.2, 0.25) is 5.91 Å². The van der Waals surface area contributed by atoms with Gasteiger partial charge in [-0.25, -0.2) is 9.79 Å². The summed E-state index contributed by atoms with van der Waals surface area (Å²) in [5.41, 5.74) is 3.46. The van der Waals surface area contributed by atoms with Crippen LogP contribution in [0.15, 0.2) is 95.1 Å². The van der Waals surface area contributed by atoms with Gasteiger partial charge >= 0.3 is 5.97 Å². The third-order valence-electron chi connectivity index (χ3n) is 8.80. The number of methoxy groups -OCH3 is 1. The Hall–Kier alpha value is -4.68. The Morgan fingerprint density at radius 1 is 1.04 bits per heavy atom. The number of allylic oxidation sites excluding steroid dienone is 1. The standard InChI is InChI=1S/C37H43N5O6S/c1-4-48-36(44)34-26(2)38-37(49-25-27-12-18-32(47-3)19-13-27)39-35(34)41(30-14-16-31(17-15-30)42(45)46)33(43)11-8-22-40-23-20-29(21-24-40)28-9-6-5-7-10-28/h5-7,9-10,12-19,29,35H,4,8,11,20-25H2,1-3H3,(H,38,39). The number of aliphatic imine (C=N–C) groups is 1. The number of anilines is 1. The van der Waals surface area contributed by atoms with Crippen LogP contribution in [0.25, 0.3) is 0 Å². The van der Waals surface area contributed by atoms with E-state index in [-0.39, 0.29) is 30.2 Å². The van der Waals surface area contributed by atoms with E-state index in [2.05, 4.69) is 34.5 Å². The largest absolute Gasteiger partial charge is 0.497 e. The first-order valence-corrected chi connectivity index (χ1v) is 17.6. The number of nitrogens with zero attached hydrogens (tertiary/aromatic N) is 4. The molecule has 1 N–H and O–H groups in total. The minimum absolute atomic E-state index is 0.100. The van der Waals surface area contributed by atoms with E-state index in [9.17, 15) is 19.7 Å². The minimum atomic E-state index is -1.03. The molecule has 0 bridgehead atoms. The molecule has 2 aliphatic heterocycles. The van der Waals surface area contributed by atoms with Crippen LogP contribution in [0.3, 0.4) is 0 Å². The van der Waals surface area contributed by atoms with E-state index < -0.39 is 17.1 Å². The molecule has 0 radical (unpaired) electrons. The van der Waals surface area contributed by atoms with Crippen molar-refractivity contribution in [3.05, 3.63) is 111 Å². The number of hydrogen-bond donors (Lipinski definition) is 1. The predicted molar refractivity (Wildman–Crippen MR) is 193 cm³/mol. The van der Waals surface area contributed by atoms with Gasteiger partial charge in [0.05, 0.1) is 18.6 Å². The maximum Gasteiger partial charge on any atom is 0.339 e. The first-order chi connectivity index (χ1) is 23.8. The number of nitrogens with one attached hydrogen (secondary N) is 1. The molecule has 2 heterocycles. The average molecular weight is 686 g/mol. The molecule has 11 nitrogen and oxygen atoms in total.